The summed E-state index contributed by atoms with van der Waals surface area (Å²) in [6.45, 7) is 3.84. The maximum absolute atomic E-state index is 14.1. The molecule has 0 radical (unpaired) electrons. The molecule has 5 heteroatoms. The number of hydrogen-bond acceptors (Lipinski definition) is 2. The number of aromatic nitrogens is 2. The van der Waals surface area contributed by atoms with Crippen molar-refractivity contribution in [3.8, 4) is 0 Å². The maximum atomic E-state index is 14.1. The van der Waals surface area contributed by atoms with Crippen LogP contribution in [-0.2, 0) is 13.5 Å². The van der Waals surface area contributed by atoms with Crippen LogP contribution in [0.15, 0.2) is 22.7 Å². The normalized spacial score (nSPS) is 12.7. The maximum Gasteiger partial charge on any atom is 0.128 e. The zero-order chi connectivity index (χ0) is 14.9. The Morgan fingerprint density at radius 3 is 2.60 bits per heavy atom. The molecule has 0 aliphatic heterocycles. The molecular formula is C15H19BrFN3. The Hall–Kier alpha value is -1.20. The SMILES string of the molecule is CNC(Cc1c(Br)c(C)nn1C)c1ccc(C)cc1F. The number of hydrogen-bond donors (Lipinski definition) is 1. The topological polar surface area (TPSA) is 29.9 Å². The first kappa shape index (κ1) is 15.2. The Morgan fingerprint density at radius 1 is 1.40 bits per heavy atom. The van der Waals surface area contributed by atoms with Gasteiger partial charge in [0.2, 0.25) is 0 Å². The van der Waals surface area contributed by atoms with Gasteiger partial charge in [-0.2, -0.15) is 5.10 Å². The van der Waals surface area contributed by atoms with E-state index in [1.807, 2.05) is 44.8 Å². The molecule has 1 aromatic carbocycles. The summed E-state index contributed by atoms with van der Waals surface area (Å²) in [4.78, 5) is 0. The third-order valence-electron chi connectivity index (χ3n) is 3.54. The largest absolute Gasteiger partial charge is 0.313 e. The van der Waals surface area contributed by atoms with Crippen LogP contribution in [0.5, 0.6) is 0 Å². The third-order valence-corrected chi connectivity index (χ3v) is 4.57. The molecule has 3 nitrogen and oxygen atoms in total. The van der Waals surface area contributed by atoms with Gasteiger partial charge in [-0.25, -0.2) is 4.39 Å². The van der Waals surface area contributed by atoms with Crippen molar-refractivity contribution in [1.82, 2.24) is 15.1 Å². The van der Waals surface area contributed by atoms with Crippen LogP contribution in [0.2, 0.25) is 0 Å². The summed E-state index contributed by atoms with van der Waals surface area (Å²) in [6, 6.07) is 5.28. The van der Waals surface area contributed by atoms with Crippen LogP contribution in [0, 0.1) is 19.7 Å². The summed E-state index contributed by atoms with van der Waals surface area (Å²) in [5.41, 5.74) is 3.62. The Labute approximate surface area is 127 Å². The molecule has 0 amide bonds. The Balaban J connectivity index is 2.33. The molecule has 20 heavy (non-hydrogen) atoms. The van der Waals surface area contributed by atoms with Gasteiger partial charge in [-0.15, -0.1) is 0 Å². The van der Waals surface area contributed by atoms with Crippen LogP contribution in [0.3, 0.4) is 0 Å². The second kappa shape index (κ2) is 6.06. The van der Waals surface area contributed by atoms with E-state index >= 15 is 0 Å². The van der Waals surface area contributed by atoms with Crippen molar-refractivity contribution in [2.24, 2.45) is 7.05 Å². The lowest BCUT2D eigenvalue weighted by molar-refractivity contribution is 0.518. The van der Waals surface area contributed by atoms with E-state index in [1.54, 1.807) is 6.07 Å². The first-order chi connectivity index (χ1) is 9.43. The lowest BCUT2D eigenvalue weighted by atomic mass is 10.00. The minimum atomic E-state index is -0.167. The minimum Gasteiger partial charge on any atom is -0.313 e. The highest BCUT2D eigenvalue weighted by Crippen LogP contribution is 2.27. The van der Waals surface area contributed by atoms with Gasteiger partial charge in [0.25, 0.3) is 0 Å². The van der Waals surface area contributed by atoms with Crippen molar-refractivity contribution in [3.63, 3.8) is 0 Å². The summed E-state index contributed by atoms with van der Waals surface area (Å²) in [5, 5.41) is 7.57. The molecular weight excluding hydrogens is 321 g/mol. The molecule has 0 bridgehead atoms. The van der Waals surface area contributed by atoms with Crippen molar-refractivity contribution in [2.45, 2.75) is 26.3 Å². The van der Waals surface area contributed by atoms with Gasteiger partial charge in [-0.3, -0.25) is 4.68 Å². The fourth-order valence-corrected chi connectivity index (χ4v) is 2.88. The molecule has 0 saturated heterocycles. The summed E-state index contributed by atoms with van der Waals surface area (Å²) < 4.78 is 17.0. The molecule has 0 saturated carbocycles. The molecule has 2 aromatic rings. The van der Waals surface area contributed by atoms with E-state index in [-0.39, 0.29) is 11.9 Å². The average molecular weight is 340 g/mol. The number of rotatable bonds is 4. The van der Waals surface area contributed by atoms with E-state index in [1.165, 1.54) is 0 Å². The fraction of sp³-hybridized carbons (Fsp3) is 0.400. The number of halogens is 2. The van der Waals surface area contributed by atoms with Gasteiger partial charge in [0.15, 0.2) is 0 Å². The molecule has 2 rings (SSSR count). The van der Waals surface area contributed by atoms with Crippen LogP contribution in [0.1, 0.15) is 28.6 Å². The smallest absolute Gasteiger partial charge is 0.128 e. The number of benzene rings is 1. The average Bonchev–Trinajstić information content (AvgIpc) is 2.62. The van der Waals surface area contributed by atoms with Gasteiger partial charge >= 0.3 is 0 Å². The monoisotopic (exact) mass is 339 g/mol. The van der Waals surface area contributed by atoms with Crippen molar-refractivity contribution in [1.29, 1.82) is 0 Å². The van der Waals surface area contributed by atoms with E-state index in [2.05, 4.69) is 26.3 Å². The zero-order valence-corrected chi connectivity index (χ0v) is 13.8. The molecule has 1 heterocycles. The van der Waals surface area contributed by atoms with Crippen molar-refractivity contribution in [2.75, 3.05) is 7.05 Å². The second-order valence-corrected chi connectivity index (χ2v) is 5.83. The quantitative estimate of drug-likeness (QED) is 0.924. The highest BCUT2D eigenvalue weighted by atomic mass is 79.9. The molecule has 108 valence electrons. The highest BCUT2D eigenvalue weighted by Gasteiger charge is 2.19. The van der Waals surface area contributed by atoms with Gasteiger partial charge in [0, 0.05) is 25.1 Å². The molecule has 0 fully saturated rings. The fourth-order valence-electron chi connectivity index (χ4n) is 2.38. The van der Waals surface area contributed by atoms with Crippen LogP contribution in [0.4, 0.5) is 4.39 Å². The van der Waals surface area contributed by atoms with E-state index in [4.69, 9.17) is 0 Å². The van der Waals surface area contributed by atoms with Gasteiger partial charge < -0.3 is 5.32 Å². The van der Waals surface area contributed by atoms with E-state index < -0.39 is 0 Å². The first-order valence-corrected chi connectivity index (χ1v) is 7.34. The Bertz CT molecular complexity index is 622. The minimum absolute atomic E-state index is 0.0818. The second-order valence-electron chi connectivity index (χ2n) is 5.04. The molecule has 1 N–H and O–H groups in total. The molecule has 1 unspecified atom stereocenters. The Kier molecular flexibility index (Phi) is 4.60. The van der Waals surface area contributed by atoms with Gasteiger partial charge in [-0.05, 0) is 48.5 Å². The van der Waals surface area contributed by atoms with Crippen LogP contribution in [0.25, 0.3) is 0 Å². The summed E-state index contributed by atoms with van der Waals surface area (Å²) in [7, 11) is 3.76. The third kappa shape index (κ3) is 2.94. The van der Waals surface area contributed by atoms with Crippen molar-refractivity contribution >= 4 is 15.9 Å². The number of nitrogens with zero attached hydrogens (tertiary/aromatic N) is 2. The van der Waals surface area contributed by atoms with Gasteiger partial charge in [0.1, 0.15) is 5.82 Å². The molecule has 1 aromatic heterocycles. The van der Waals surface area contributed by atoms with Gasteiger partial charge in [-0.1, -0.05) is 12.1 Å². The molecule has 1 atom stereocenters. The van der Waals surface area contributed by atoms with Crippen molar-refractivity contribution < 1.29 is 4.39 Å². The van der Waals surface area contributed by atoms with Crippen molar-refractivity contribution in [3.05, 3.63) is 51.0 Å². The van der Waals surface area contributed by atoms with Crippen LogP contribution in [-0.4, -0.2) is 16.8 Å². The summed E-state index contributed by atoms with van der Waals surface area (Å²) in [6.07, 6.45) is 0.675. The highest BCUT2D eigenvalue weighted by molar-refractivity contribution is 9.10. The molecule has 0 aliphatic rings. The first-order valence-electron chi connectivity index (χ1n) is 6.55. The number of nitrogens with one attached hydrogen (secondary N) is 1. The predicted molar refractivity (Wildman–Crippen MR) is 82.3 cm³/mol. The van der Waals surface area contributed by atoms with Crippen LogP contribution >= 0.6 is 15.9 Å². The predicted octanol–water partition coefficient (Wildman–Crippen LogP) is 3.44. The van der Waals surface area contributed by atoms with E-state index in [0.29, 0.717) is 12.0 Å². The lowest BCUT2D eigenvalue weighted by Crippen LogP contribution is -2.21. The van der Waals surface area contributed by atoms with Gasteiger partial charge in [0.05, 0.1) is 15.9 Å². The Morgan fingerprint density at radius 2 is 2.10 bits per heavy atom. The summed E-state index contributed by atoms with van der Waals surface area (Å²) >= 11 is 3.56. The van der Waals surface area contributed by atoms with E-state index in [0.717, 1.165) is 21.4 Å². The molecule has 0 aliphatic carbocycles. The van der Waals surface area contributed by atoms with E-state index in [9.17, 15) is 4.39 Å². The summed E-state index contributed by atoms with van der Waals surface area (Å²) in [5.74, 6) is -0.167. The zero-order valence-electron chi connectivity index (χ0n) is 12.2. The van der Waals surface area contributed by atoms with Crippen LogP contribution < -0.4 is 5.32 Å². The standard InChI is InChI=1S/C15H19BrFN3/c1-9-5-6-11(12(17)7-9)13(18-3)8-14-15(16)10(2)19-20(14)4/h5-7,13,18H,8H2,1-4H3. The molecule has 0 spiro atoms. The number of aryl methyl sites for hydroxylation is 3. The number of likely N-dealkylation sites (N-methyl/N-ethyl adjacent to an activating group) is 1. The lowest BCUT2D eigenvalue weighted by Gasteiger charge is -2.18.